The quantitative estimate of drug-likeness (QED) is 0.347. The molecule has 0 fully saturated rings. The summed E-state index contributed by atoms with van der Waals surface area (Å²) in [6.07, 6.45) is 1.30. The van der Waals surface area contributed by atoms with Crippen molar-refractivity contribution in [1.29, 1.82) is 0 Å². The molecule has 1 unspecified atom stereocenters. The van der Waals surface area contributed by atoms with Crippen LogP contribution in [-0.4, -0.2) is 40.7 Å². The number of aliphatic hydroxyl groups excluding tert-OH is 2. The largest absolute Gasteiger partial charge is 0.507 e. The van der Waals surface area contributed by atoms with E-state index in [2.05, 4.69) is 19.1 Å². The molecule has 4 N–H and O–H groups in total. The summed E-state index contributed by atoms with van der Waals surface area (Å²) in [5.74, 6) is 0.378. The van der Waals surface area contributed by atoms with Crippen LogP contribution in [0.2, 0.25) is 0 Å². The molecule has 0 radical (unpaired) electrons. The van der Waals surface area contributed by atoms with Crippen molar-refractivity contribution < 1.29 is 25.2 Å². The molecular formula is C28H34O5. The minimum Gasteiger partial charge on any atom is -0.507 e. The number of phenols is 2. The Morgan fingerprint density at radius 1 is 0.727 bits per heavy atom. The molecule has 0 aliphatic carbocycles. The van der Waals surface area contributed by atoms with Gasteiger partial charge in [0.2, 0.25) is 0 Å². The van der Waals surface area contributed by atoms with Crippen molar-refractivity contribution in [3.05, 3.63) is 93.5 Å². The summed E-state index contributed by atoms with van der Waals surface area (Å²) >= 11 is 0. The lowest BCUT2D eigenvalue weighted by molar-refractivity contribution is 0.181. The van der Waals surface area contributed by atoms with Crippen LogP contribution in [-0.2, 0) is 36.0 Å². The Bertz CT molecular complexity index is 1050. The molecule has 0 aliphatic heterocycles. The second-order valence-electron chi connectivity index (χ2n) is 8.51. The van der Waals surface area contributed by atoms with Crippen LogP contribution < -0.4 is 0 Å². The zero-order chi connectivity index (χ0) is 24.0. The predicted molar refractivity (Wildman–Crippen MR) is 130 cm³/mol. The molecule has 3 rings (SSSR count). The molecule has 5 heteroatoms. The molecule has 0 aromatic heterocycles. The highest BCUT2D eigenvalue weighted by Crippen LogP contribution is 2.43. The molecule has 0 saturated heterocycles. The van der Waals surface area contributed by atoms with E-state index in [1.807, 2.05) is 49.4 Å². The number of hydrogen-bond acceptors (Lipinski definition) is 5. The van der Waals surface area contributed by atoms with Gasteiger partial charge in [0.15, 0.2) is 0 Å². The van der Waals surface area contributed by atoms with Crippen LogP contribution in [0, 0.1) is 0 Å². The summed E-state index contributed by atoms with van der Waals surface area (Å²) < 4.78 is 5.36. The van der Waals surface area contributed by atoms with Crippen LogP contribution in [0.5, 0.6) is 11.5 Å². The van der Waals surface area contributed by atoms with E-state index in [1.54, 1.807) is 7.11 Å². The van der Waals surface area contributed by atoms with E-state index in [1.165, 1.54) is 0 Å². The molecule has 0 heterocycles. The first kappa shape index (κ1) is 24.8. The third kappa shape index (κ3) is 4.91. The summed E-state index contributed by atoms with van der Waals surface area (Å²) in [6.45, 7) is 4.25. The monoisotopic (exact) mass is 450 g/mol. The molecule has 0 bridgehead atoms. The number of aliphatic hydroxyl groups is 2. The van der Waals surface area contributed by atoms with Gasteiger partial charge in [-0.25, -0.2) is 0 Å². The molecule has 1 atom stereocenters. The van der Waals surface area contributed by atoms with Crippen molar-refractivity contribution in [2.75, 3.05) is 20.3 Å². The van der Waals surface area contributed by atoms with E-state index in [4.69, 9.17) is 4.74 Å². The molecule has 176 valence electrons. The molecule has 0 saturated carbocycles. The van der Waals surface area contributed by atoms with Crippen molar-refractivity contribution >= 4 is 0 Å². The first-order valence-corrected chi connectivity index (χ1v) is 11.4. The van der Waals surface area contributed by atoms with Gasteiger partial charge in [-0.2, -0.15) is 0 Å². The lowest BCUT2D eigenvalue weighted by Gasteiger charge is -2.34. The molecule has 5 nitrogen and oxygen atoms in total. The summed E-state index contributed by atoms with van der Waals surface area (Å²) in [7, 11) is 1.61. The maximum absolute atomic E-state index is 10.7. The molecule has 0 aliphatic rings. The van der Waals surface area contributed by atoms with Crippen molar-refractivity contribution in [3.63, 3.8) is 0 Å². The van der Waals surface area contributed by atoms with E-state index in [9.17, 15) is 20.4 Å². The molecule has 3 aromatic carbocycles. The highest BCUT2D eigenvalue weighted by molar-refractivity contribution is 5.57. The van der Waals surface area contributed by atoms with Gasteiger partial charge in [-0.1, -0.05) is 55.5 Å². The Hall–Kier alpha value is -2.86. The second kappa shape index (κ2) is 10.8. The fraction of sp³-hybridized carbons (Fsp3) is 0.357. The van der Waals surface area contributed by atoms with E-state index >= 15 is 0 Å². The minimum absolute atomic E-state index is 0.0885. The first-order valence-electron chi connectivity index (χ1n) is 11.4. The summed E-state index contributed by atoms with van der Waals surface area (Å²) in [4.78, 5) is 0. The number of hydrogen-bond donors (Lipinski definition) is 4. The lowest BCUT2D eigenvalue weighted by atomic mass is 9.69. The van der Waals surface area contributed by atoms with E-state index in [-0.39, 0.29) is 24.7 Å². The topological polar surface area (TPSA) is 90.2 Å². The number of rotatable bonds is 10. The van der Waals surface area contributed by atoms with Gasteiger partial charge in [0.05, 0.1) is 6.61 Å². The van der Waals surface area contributed by atoms with Crippen LogP contribution in [0.1, 0.15) is 52.8 Å². The SMILES string of the molecule is CCc1cc(C(C)(c2ccccc2)c2cc(CCO)c(O)c(CCO)c2)cc(COC)c1O. The molecule has 33 heavy (non-hydrogen) atoms. The average molecular weight is 451 g/mol. The van der Waals surface area contributed by atoms with Crippen LogP contribution in [0.15, 0.2) is 54.6 Å². The highest BCUT2D eigenvalue weighted by Gasteiger charge is 2.33. The Kier molecular flexibility index (Phi) is 8.14. The zero-order valence-electron chi connectivity index (χ0n) is 19.6. The third-order valence-corrected chi connectivity index (χ3v) is 6.48. The smallest absolute Gasteiger partial charge is 0.124 e. The lowest BCUT2D eigenvalue weighted by Crippen LogP contribution is -2.26. The molecule has 0 spiro atoms. The van der Waals surface area contributed by atoms with Gasteiger partial charge in [0, 0.05) is 31.3 Å². The van der Waals surface area contributed by atoms with Crippen molar-refractivity contribution in [1.82, 2.24) is 0 Å². The zero-order valence-corrected chi connectivity index (χ0v) is 19.6. The number of aryl methyl sites for hydroxylation is 1. The fourth-order valence-corrected chi connectivity index (χ4v) is 4.53. The normalized spacial score (nSPS) is 13.1. The maximum Gasteiger partial charge on any atom is 0.124 e. The Morgan fingerprint density at radius 3 is 1.70 bits per heavy atom. The van der Waals surface area contributed by atoms with Gasteiger partial charge in [0.1, 0.15) is 11.5 Å². The van der Waals surface area contributed by atoms with Crippen LogP contribution in [0.4, 0.5) is 0 Å². The summed E-state index contributed by atoms with van der Waals surface area (Å²) in [5, 5.41) is 40.7. The Labute approximate surface area is 195 Å². The Morgan fingerprint density at radius 2 is 1.21 bits per heavy atom. The minimum atomic E-state index is -0.622. The molecular weight excluding hydrogens is 416 g/mol. The van der Waals surface area contributed by atoms with Crippen molar-refractivity contribution in [3.8, 4) is 11.5 Å². The summed E-state index contributed by atoms with van der Waals surface area (Å²) in [5.41, 5.74) is 5.21. The number of benzene rings is 3. The van der Waals surface area contributed by atoms with E-state index < -0.39 is 5.41 Å². The van der Waals surface area contributed by atoms with Gasteiger partial charge >= 0.3 is 0 Å². The number of methoxy groups -OCH3 is 1. The highest BCUT2D eigenvalue weighted by atomic mass is 16.5. The van der Waals surface area contributed by atoms with Crippen molar-refractivity contribution in [2.24, 2.45) is 0 Å². The van der Waals surface area contributed by atoms with Gasteiger partial charge in [-0.3, -0.25) is 0 Å². The first-order chi connectivity index (χ1) is 15.9. The van der Waals surface area contributed by atoms with Gasteiger partial charge < -0.3 is 25.2 Å². The molecule has 3 aromatic rings. The van der Waals surface area contributed by atoms with Crippen LogP contribution in [0.25, 0.3) is 0 Å². The Balaban J connectivity index is 2.36. The number of ether oxygens (including phenoxy) is 1. The average Bonchev–Trinajstić information content (AvgIpc) is 2.83. The van der Waals surface area contributed by atoms with E-state index in [0.29, 0.717) is 37.0 Å². The third-order valence-electron chi connectivity index (χ3n) is 6.48. The van der Waals surface area contributed by atoms with Crippen LogP contribution in [0.3, 0.4) is 0 Å². The second-order valence-corrected chi connectivity index (χ2v) is 8.51. The molecule has 0 amide bonds. The van der Waals surface area contributed by atoms with Gasteiger partial charge in [-0.05, 0) is 65.6 Å². The maximum atomic E-state index is 10.7. The van der Waals surface area contributed by atoms with Gasteiger partial charge in [0.25, 0.3) is 0 Å². The summed E-state index contributed by atoms with van der Waals surface area (Å²) in [6, 6.07) is 18.0. The predicted octanol–water partition coefficient (Wildman–Crippen LogP) is 4.23. The number of aromatic hydroxyl groups is 2. The number of phenolic OH excluding ortho intramolecular Hbond substituents is 2. The van der Waals surface area contributed by atoms with Crippen LogP contribution >= 0.6 is 0 Å². The van der Waals surface area contributed by atoms with E-state index in [0.717, 1.165) is 27.8 Å². The van der Waals surface area contributed by atoms with Gasteiger partial charge in [-0.15, -0.1) is 0 Å². The standard InChI is InChI=1S/C28H34O5/c1-4-19-14-24(17-22(18-33-3)26(19)31)28(2,23-8-6-5-7-9-23)25-15-20(10-12-29)27(32)21(16-25)11-13-30/h5-9,14-17,29-32H,4,10-13,18H2,1-3H3. The van der Waals surface area contributed by atoms with Crippen molar-refractivity contribution in [2.45, 2.75) is 45.1 Å². The fourth-order valence-electron chi connectivity index (χ4n) is 4.53.